The Morgan fingerprint density at radius 3 is 2.79 bits per heavy atom. The monoisotopic (exact) mass is 259 g/mol. The summed E-state index contributed by atoms with van der Waals surface area (Å²) in [6.45, 7) is 6.11. The van der Waals surface area contributed by atoms with Crippen molar-refractivity contribution in [1.82, 2.24) is 0 Å². The summed E-state index contributed by atoms with van der Waals surface area (Å²) in [6, 6.07) is 8.04. The summed E-state index contributed by atoms with van der Waals surface area (Å²) in [7, 11) is 0. The molecular weight excluding hydrogens is 234 g/mol. The van der Waals surface area contributed by atoms with Gasteiger partial charge in [0, 0.05) is 24.3 Å². The van der Waals surface area contributed by atoms with E-state index in [2.05, 4.69) is 17.9 Å². The van der Waals surface area contributed by atoms with Crippen molar-refractivity contribution >= 4 is 11.5 Å². The van der Waals surface area contributed by atoms with Crippen LogP contribution in [0.2, 0.25) is 0 Å². The molecule has 1 aliphatic rings. The van der Waals surface area contributed by atoms with E-state index in [0.29, 0.717) is 0 Å². The summed E-state index contributed by atoms with van der Waals surface area (Å²) in [5, 5.41) is 0. The third-order valence-electron chi connectivity index (χ3n) is 4.17. The van der Waals surface area contributed by atoms with Crippen molar-refractivity contribution in [2.24, 2.45) is 5.92 Å². The lowest BCUT2D eigenvalue weighted by molar-refractivity contribution is 0.101. The van der Waals surface area contributed by atoms with E-state index in [9.17, 15) is 4.79 Å². The molecule has 0 aromatic heterocycles. The Hall–Kier alpha value is -1.31. The molecule has 19 heavy (non-hydrogen) atoms. The van der Waals surface area contributed by atoms with Crippen LogP contribution >= 0.6 is 0 Å². The normalized spacial score (nSPS) is 20.1. The Bertz CT molecular complexity index is 427. The number of para-hydroxylation sites is 1. The van der Waals surface area contributed by atoms with Crippen molar-refractivity contribution < 1.29 is 4.79 Å². The van der Waals surface area contributed by atoms with E-state index in [0.717, 1.165) is 30.3 Å². The molecule has 1 saturated heterocycles. The summed E-state index contributed by atoms with van der Waals surface area (Å²) in [5.41, 5.74) is 2.00. The fraction of sp³-hybridized carbons (Fsp3) is 0.588. The number of carbonyl (C=O) groups is 1. The third-order valence-corrected chi connectivity index (χ3v) is 4.17. The van der Waals surface area contributed by atoms with Crippen molar-refractivity contribution in [3.8, 4) is 0 Å². The SMILES string of the molecule is CCCC1CCCN(c2ccccc2C(C)=O)CC1. The van der Waals surface area contributed by atoms with Gasteiger partial charge in [0.15, 0.2) is 5.78 Å². The van der Waals surface area contributed by atoms with Gasteiger partial charge in [0.05, 0.1) is 0 Å². The van der Waals surface area contributed by atoms with Crippen LogP contribution in [0.4, 0.5) is 5.69 Å². The van der Waals surface area contributed by atoms with Gasteiger partial charge in [0.2, 0.25) is 0 Å². The predicted octanol–water partition coefficient (Wildman–Crippen LogP) is 4.30. The minimum atomic E-state index is 0.171. The molecule has 1 aliphatic heterocycles. The van der Waals surface area contributed by atoms with Gasteiger partial charge in [0.1, 0.15) is 0 Å². The first kappa shape index (κ1) is 14.1. The topological polar surface area (TPSA) is 20.3 Å². The first-order chi connectivity index (χ1) is 9.22. The lowest BCUT2D eigenvalue weighted by Crippen LogP contribution is -2.25. The van der Waals surface area contributed by atoms with E-state index in [1.54, 1.807) is 6.92 Å². The van der Waals surface area contributed by atoms with Crippen molar-refractivity contribution in [3.63, 3.8) is 0 Å². The number of rotatable bonds is 4. The Kier molecular flexibility index (Phi) is 5.00. The van der Waals surface area contributed by atoms with E-state index >= 15 is 0 Å². The highest BCUT2D eigenvalue weighted by atomic mass is 16.1. The molecule has 1 fully saturated rings. The van der Waals surface area contributed by atoms with Gasteiger partial charge in [-0.15, -0.1) is 0 Å². The van der Waals surface area contributed by atoms with Gasteiger partial charge in [-0.2, -0.15) is 0 Å². The van der Waals surface area contributed by atoms with Crippen LogP contribution in [-0.4, -0.2) is 18.9 Å². The molecule has 0 radical (unpaired) electrons. The Balaban J connectivity index is 2.12. The Morgan fingerprint density at radius 2 is 2.05 bits per heavy atom. The first-order valence-corrected chi connectivity index (χ1v) is 7.57. The predicted molar refractivity (Wildman–Crippen MR) is 80.9 cm³/mol. The van der Waals surface area contributed by atoms with E-state index < -0.39 is 0 Å². The molecule has 0 saturated carbocycles. The molecule has 0 bridgehead atoms. The number of benzene rings is 1. The quantitative estimate of drug-likeness (QED) is 0.752. The summed E-state index contributed by atoms with van der Waals surface area (Å²) in [5.74, 6) is 1.05. The molecule has 1 atom stereocenters. The van der Waals surface area contributed by atoms with Crippen LogP contribution in [0.1, 0.15) is 56.3 Å². The zero-order valence-corrected chi connectivity index (χ0v) is 12.2. The smallest absolute Gasteiger partial charge is 0.161 e. The number of hydrogen-bond acceptors (Lipinski definition) is 2. The minimum absolute atomic E-state index is 0.171. The fourth-order valence-corrected chi connectivity index (χ4v) is 3.15. The van der Waals surface area contributed by atoms with E-state index in [-0.39, 0.29) is 5.78 Å². The maximum Gasteiger partial charge on any atom is 0.161 e. The van der Waals surface area contributed by atoms with Crippen LogP contribution in [0.3, 0.4) is 0 Å². The number of Topliss-reactive ketones (excluding diaryl/α,β-unsaturated/α-hetero) is 1. The summed E-state index contributed by atoms with van der Waals surface area (Å²) >= 11 is 0. The molecule has 104 valence electrons. The van der Waals surface area contributed by atoms with Crippen molar-refractivity contribution in [2.75, 3.05) is 18.0 Å². The minimum Gasteiger partial charge on any atom is -0.371 e. The molecule has 0 N–H and O–H groups in total. The van der Waals surface area contributed by atoms with Gasteiger partial charge < -0.3 is 4.90 Å². The van der Waals surface area contributed by atoms with Crippen molar-refractivity contribution in [3.05, 3.63) is 29.8 Å². The fourth-order valence-electron chi connectivity index (χ4n) is 3.15. The van der Waals surface area contributed by atoms with Crippen LogP contribution in [0, 0.1) is 5.92 Å². The second-order valence-electron chi connectivity index (χ2n) is 5.65. The van der Waals surface area contributed by atoms with Gasteiger partial charge in [0.25, 0.3) is 0 Å². The molecule has 1 unspecified atom stereocenters. The number of nitrogens with zero attached hydrogens (tertiary/aromatic N) is 1. The molecule has 0 aliphatic carbocycles. The highest BCUT2D eigenvalue weighted by Crippen LogP contribution is 2.27. The maximum absolute atomic E-state index is 11.7. The highest BCUT2D eigenvalue weighted by molar-refractivity contribution is 5.99. The number of anilines is 1. The van der Waals surface area contributed by atoms with Crippen LogP contribution in [0.25, 0.3) is 0 Å². The maximum atomic E-state index is 11.7. The van der Waals surface area contributed by atoms with Gasteiger partial charge in [-0.05, 0) is 44.2 Å². The molecule has 2 rings (SSSR count). The zero-order chi connectivity index (χ0) is 13.7. The molecule has 1 heterocycles. The lowest BCUT2D eigenvalue weighted by atomic mass is 9.96. The highest BCUT2D eigenvalue weighted by Gasteiger charge is 2.19. The molecule has 0 spiro atoms. The van der Waals surface area contributed by atoms with Gasteiger partial charge in [-0.1, -0.05) is 31.9 Å². The third kappa shape index (κ3) is 3.59. The van der Waals surface area contributed by atoms with Gasteiger partial charge in [-0.25, -0.2) is 0 Å². The second-order valence-corrected chi connectivity index (χ2v) is 5.65. The summed E-state index contributed by atoms with van der Waals surface area (Å²) in [6.07, 6.45) is 6.49. The molecule has 1 aromatic rings. The summed E-state index contributed by atoms with van der Waals surface area (Å²) in [4.78, 5) is 14.1. The number of carbonyl (C=O) groups excluding carboxylic acids is 1. The lowest BCUT2D eigenvalue weighted by Gasteiger charge is -2.25. The molecule has 2 nitrogen and oxygen atoms in total. The first-order valence-electron chi connectivity index (χ1n) is 7.57. The molecule has 1 aromatic carbocycles. The average Bonchev–Trinajstić information content (AvgIpc) is 2.65. The van der Waals surface area contributed by atoms with Crippen LogP contribution in [0.5, 0.6) is 0 Å². The standard InChI is InChI=1S/C17H25NO/c1-3-7-15-8-6-12-18(13-11-15)17-10-5-4-9-16(17)14(2)19/h4-5,9-10,15H,3,6-8,11-13H2,1-2H3. The average molecular weight is 259 g/mol. The van der Waals surface area contributed by atoms with Crippen molar-refractivity contribution in [1.29, 1.82) is 0 Å². The van der Waals surface area contributed by atoms with Crippen molar-refractivity contribution in [2.45, 2.75) is 46.0 Å². The van der Waals surface area contributed by atoms with Crippen LogP contribution in [0.15, 0.2) is 24.3 Å². The molecule has 2 heteroatoms. The van der Waals surface area contributed by atoms with E-state index in [4.69, 9.17) is 0 Å². The summed E-state index contributed by atoms with van der Waals surface area (Å²) < 4.78 is 0. The van der Waals surface area contributed by atoms with Gasteiger partial charge >= 0.3 is 0 Å². The van der Waals surface area contributed by atoms with Crippen LogP contribution < -0.4 is 4.90 Å². The van der Waals surface area contributed by atoms with Gasteiger partial charge in [-0.3, -0.25) is 4.79 Å². The largest absolute Gasteiger partial charge is 0.371 e. The number of hydrogen-bond donors (Lipinski definition) is 0. The van der Waals surface area contributed by atoms with E-state index in [1.807, 2.05) is 18.2 Å². The Labute approximate surface area is 116 Å². The second kappa shape index (κ2) is 6.74. The van der Waals surface area contributed by atoms with E-state index in [1.165, 1.54) is 32.1 Å². The number of ketones is 1. The molecule has 0 amide bonds. The molecular formula is C17H25NO. The zero-order valence-electron chi connectivity index (χ0n) is 12.2. The Morgan fingerprint density at radius 1 is 1.26 bits per heavy atom. The van der Waals surface area contributed by atoms with Crippen LogP contribution in [-0.2, 0) is 0 Å².